The van der Waals surface area contributed by atoms with Crippen LogP contribution in [0.2, 0.25) is 0 Å². The number of nitrogens with one attached hydrogen (secondary N) is 2. The molecule has 3 aromatic carbocycles. The second-order valence-corrected chi connectivity index (χ2v) is 8.74. The zero-order valence-electron chi connectivity index (χ0n) is 20.0. The highest BCUT2D eigenvalue weighted by molar-refractivity contribution is 6.05. The van der Waals surface area contributed by atoms with Gasteiger partial charge in [0, 0.05) is 36.4 Å². The van der Waals surface area contributed by atoms with Gasteiger partial charge in [-0.25, -0.2) is 0 Å². The summed E-state index contributed by atoms with van der Waals surface area (Å²) in [5.41, 5.74) is 10.4. The monoisotopic (exact) mass is 472 g/mol. The molecule has 182 valence electrons. The predicted molar refractivity (Wildman–Crippen MR) is 137 cm³/mol. The number of hydrogen-bond acceptors (Lipinski definition) is 5. The summed E-state index contributed by atoms with van der Waals surface area (Å²) < 4.78 is 5.18. The number of nitrogens with two attached hydrogens (primary N) is 1. The topological polar surface area (TPSA) is 96.7 Å². The van der Waals surface area contributed by atoms with Gasteiger partial charge in [-0.1, -0.05) is 30.3 Å². The van der Waals surface area contributed by atoms with Crippen molar-refractivity contribution in [2.45, 2.75) is 32.5 Å². The van der Waals surface area contributed by atoms with E-state index in [1.807, 2.05) is 36.4 Å². The maximum Gasteiger partial charge on any atom is 0.255 e. The molecular formula is C28H32N4O3. The molecule has 0 spiro atoms. The summed E-state index contributed by atoms with van der Waals surface area (Å²) >= 11 is 0. The largest absolute Gasteiger partial charge is 0.497 e. The lowest BCUT2D eigenvalue weighted by Gasteiger charge is -2.19. The summed E-state index contributed by atoms with van der Waals surface area (Å²) in [6, 6.07) is 20.3. The van der Waals surface area contributed by atoms with E-state index in [9.17, 15) is 9.59 Å². The van der Waals surface area contributed by atoms with Crippen molar-refractivity contribution >= 4 is 17.5 Å². The highest BCUT2D eigenvalue weighted by atomic mass is 16.5. The molecule has 35 heavy (non-hydrogen) atoms. The number of amides is 2. The van der Waals surface area contributed by atoms with Crippen LogP contribution >= 0.6 is 0 Å². The minimum Gasteiger partial charge on any atom is -0.497 e. The Labute approximate surface area is 206 Å². The van der Waals surface area contributed by atoms with Crippen molar-refractivity contribution < 1.29 is 14.3 Å². The number of rotatable bonds is 9. The van der Waals surface area contributed by atoms with Gasteiger partial charge in [0.25, 0.3) is 11.8 Å². The molecule has 0 aliphatic carbocycles. The number of methoxy groups -OCH3 is 1. The van der Waals surface area contributed by atoms with Gasteiger partial charge in [-0.2, -0.15) is 0 Å². The number of hydrogen-bond donors (Lipinski definition) is 3. The molecule has 3 aromatic rings. The molecule has 7 nitrogen and oxygen atoms in total. The van der Waals surface area contributed by atoms with Crippen LogP contribution in [0, 0.1) is 0 Å². The first-order chi connectivity index (χ1) is 17.1. The molecule has 1 saturated heterocycles. The van der Waals surface area contributed by atoms with E-state index in [-0.39, 0.29) is 11.8 Å². The number of nitrogens with zero attached hydrogens (tertiary/aromatic N) is 1. The van der Waals surface area contributed by atoms with Crippen LogP contribution in [0.3, 0.4) is 0 Å². The third-order valence-corrected chi connectivity index (χ3v) is 6.28. The molecule has 2 amide bonds. The van der Waals surface area contributed by atoms with Crippen molar-refractivity contribution in [1.82, 2.24) is 10.2 Å². The zero-order valence-corrected chi connectivity index (χ0v) is 20.0. The smallest absolute Gasteiger partial charge is 0.255 e. The zero-order chi connectivity index (χ0) is 24.6. The lowest BCUT2D eigenvalue weighted by Crippen LogP contribution is -2.24. The van der Waals surface area contributed by atoms with E-state index in [0.29, 0.717) is 35.7 Å². The van der Waals surface area contributed by atoms with Crippen molar-refractivity contribution in [3.8, 4) is 5.75 Å². The molecule has 1 aliphatic heterocycles. The number of carbonyl (C=O) groups excluding carboxylic acids is 2. The van der Waals surface area contributed by atoms with Gasteiger partial charge in [0.2, 0.25) is 0 Å². The summed E-state index contributed by atoms with van der Waals surface area (Å²) in [7, 11) is 1.59. The van der Waals surface area contributed by atoms with Gasteiger partial charge in [0.05, 0.1) is 7.11 Å². The number of carbonyl (C=O) groups is 2. The van der Waals surface area contributed by atoms with E-state index >= 15 is 0 Å². The quantitative estimate of drug-likeness (QED) is 0.439. The molecule has 7 heteroatoms. The Kier molecular flexibility index (Phi) is 8.13. The first kappa shape index (κ1) is 24.4. The molecule has 0 saturated carbocycles. The summed E-state index contributed by atoms with van der Waals surface area (Å²) in [5, 5.41) is 5.98. The fraction of sp³-hybridized carbons (Fsp3) is 0.286. The van der Waals surface area contributed by atoms with Crippen LogP contribution in [0.25, 0.3) is 0 Å². The van der Waals surface area contributed by atoms with Gasteiger partial charge in [0.1, 0.15) is 5.75 Å². The average molecular weight is 473 g/mol. The van der Waals surface area contributed by atoms with Crippen molar-refractivity contribution in [2.24, 2.45) is 5.73 Å². The number of likely N-dealkylation sites (tertiary alicyclic amines) is 1. The molecule has 0 aromatic heterocycles. The number of ether oxygens (including phenoxy) is 1. The molecule has 4 N–H and O–H groups in total. The van der Waals surface area contributed by atoms with Gasteiger partial charge in [-0.05, 0) is 79.0 Å². The first-order valence-corrected chi connectivity index (χ1v) is 11.9. The Balaban J connectivity index is 1.50. The summed E-state index contributed by atoms with van der Waals surface area (Å²) in [4.78, 5) is 28.2. The molecule has 0 radical (unpaired) electrons. The average Bonchev–Trinajstić information content (AvgIpc) is 3.41. The lowest BCUT2D eigenvalue weighted by molar-refractivity contribution is 0.0949. The molecule has 1 heterocycles. The Morgan fingerprint density at radius 1 is 0.886 bits per heavy atom. The Hall–Kier alpha value is -3.68. The molecule has 0 unspecified atom stereocenters. The van der Waals surface area contributed by atoms with Gasteiger partial charge in [-0.3, -0.25) is 14.5 Å². The van der Waals surface area contributed by atoms with Crippen molar-refractivity contribution in [3.05, 3.63) is 94.5 Å². The minimum absolute atomic E-state index is 0.194. The van der Waals surface area contributed by atoms with Crippen LogP contribution in [-0.4, -0.2) is 36.9 Å². The fourth-order valence-electron chi connectivity index (χ4n) is 4.17. The molecule has 0 bridgehead atoms. The summed E-state index contributed by atoms with van der Waals surface area (Å²) in [5.74, 6) is 0.265. The highest BCUT2D eigenvalue weighted by Crippen LogP contribution is 2.23. The highest BCUT2D eigenvalue weighted by Gasteiger charge is 2.17. The van der Waals surface area contributed by atoms with Gasteiger partial charge in [0.15, 0.2) is 0 Å². The van der Waals surface area contributed by atoms with E-state index in [1.54, 1.807) is 37.4 Å². The SMILES string of the molecule is COc1ccc(C(=O)Nc2cc(C(=O)NCc3ccc(CN)cc3)ccc2CN2CCCC2)cc1. The second-order valence-electron chi connectivity index (χ2n) is 8.74. The number of anilines is 1. The molecule has 0 atom stereocenters. The molecular weight excluding hydrogens is 440 g/mol. The van der Waals surface area contributed by atoms with E-state index in [0.717, 1.165) is 36.3 Å². The minimum atomic E-state index is -0.229. The Morgan fingerprint density at radius 2 is 1.54 bits per heavy atom. The van der Waals surface area contributed by atoms with Crippen LogP contribution in [0.1, 0.15) is 50.2 Å². The van der Waals surface area contributed by atoms with Crippen molar-refractivity contribution in [2.75, 3.05) is 25.5 Å². The van der Waals surface area contributed by atoms with E-state index in [2.05, 4.69) is 15.5 Å². The van der Waals surface area contributed by atoms with Crippen LogP contribution in [-0.2, 0) is 19.6 Å². The third kappa shape index (κ3) is 6.47. The van der Waals surface area contributed by atoms with Crippen LogP contribution in [0.5, 0.6) is 5.75 Å². The van der Waals surface area contributed by atoms with E-state index in [4.69, 9.17) is 10.5 Å². The van der Waals surface area contributed by atoms with Crippen LogP contribution < -0.4 is 21.1 Å². The normalized spacial score (nSPS) is 13.4. The Bertz CT molecular complexity index is 1150. The maximum atomic E-state index is 13.0. The van der Waals surface area contributed by atoms with E-state index in [1.165, 1.54) is 12.8 Å². The van der Waals surface area contributed by atoms with Crippen molar-refractivity contribution in [3.63, 3.8) is 0 Å². The van der Waals surface area contributed by atoms with E-state index < -0.39 is 0 Å². The first-order valence-electron chi connectivity index (χ1n) is 11.9. The van der Waals surface area contributed by atoms with Crippen LogP contribution in [0.4, 0.5) is 5.69 Å². The summed E-state index contributed by atoms with van der Waals surface area (Å²) in [6.07, 6.45) is 2.36. The number of benzene rings is 3. The molecule has 1 aliphatic rings. The van der Waals surface area contributed by atoms with Crippen LogP contribution in [0.15, 0.2) is 66.7 Å². The van der Waals surface area contributed by atoms with Crippen molar-refractivity contribution in [1.29, 1.82) is 0 Å². The lowest BCUT2D eigenvalue weighted by atomic mass is 10.1. The summed E-state index contributed by atoms with van der Waals surface area (Å²) in [6.45, 7) is 3.70. The van der Waals surface area contributed by atoms with Gasteiger partial charge < -0.3 is 21.1 Å². The predicted octanol–water partition coefficient (Wildman–Crippen LogP) is 3.93. The molecule has 4 rings (SSSR count). The van der Waals surface area contributed by atoms with Gasteiger partial charge in [-0.15, -0.1) is 0 Å². The maximum absolute atomic E-state index is 13.0. The Morgan fingerprint density at radius 3 is 2.20 bits per heavy atom. The van der Waals surface area contributed by atoms with Gasteiger partial charge >= 0.3 is 0 Å². The molecule has 1 fully saturated rings. The second kappa shape index (κ2) is 11.6. The standard InChI is InChI=1S/C28H32N4O3/c1-35-25-12-10-22(11-13-25)28(34)31-26-16-23(8-9-24(26)19-32-14-2-3-15-32)27(33)30-18-21-6-4-20(17-29)5-7-21/h4-13,16H,2-3,14-15,17-19,29H2,1H3,(H,30,33)(H,31,34). The third-order valence-electron chi connectivity index (χ3n) is 6.28. The fourth-order valence-corrected chi connectivity index (χ4v) is 4.17.